The number of amides is 1. The van der Waals surface area contributed by atoms with Crippen molar-refractivity contribution in [2.45, 2.75) is 39.3 Å². The van der Waals surface area contributed by atoms with Crippen LogP contribution in [0, 0.1) is 19.7 Å². The fourth-order valence-electron chi connectivity index (χ4n) is 3.16. The molecule has 25 heavy (non-hydrogen) atoms. The van der Waals surface area contributed by atoms with Crippen molar-refractivity contribution >= 4 is 11.6 Å². The smallest absolute Gasteiger partial charge is 0.255 e. The Labute approximate surface area is 146 Å². The average Bonchev–Trinajstić information content (AvgIpc) is 2.92. The molecule has 0 unspecified atom stereocenters. The minimum Gasteiger partial charge on any atom is -0.466 e. The summed E-state index contributed by atoms with van der Waals surface area (Å²) in [6, 6.07) is 6.70. The van der Waals surface area contributed by atoms with Gasteiger partial charge in [0.1, 0.15) is 17.3 Å². The molecule has 0 bridgehead atoms. The van der Waals surface area contributed by atoms with E-state index in [-0.39, 0.29) is 24.4 Å². The second-order valence-corrected chi connectivity index (χ2v) is 6.51. The Hall–Kier alpha value is -2.34. The molecule has 1 fully saturated rings. The quantitative estimate of drug-likeness (QED) is 0.893. The number of hydrogen-bond acceptors (Lipinski definition) is 4. The van der Waals surface area contributed by atoms with Gasteiger partial charge >= 0.3 is 0 Å². The second-order valence-electron chi connectivity index (χ2n) is 6.51. The van der Waals surface area contributed by atoms with Crippen molar-refractivity contribution < 1.29 is 18.7 Å². The van der Waals surface area contributed by atoms with Gasteiger partial charge in [0.25, 0.3) is 5.91 Å². The first-order valence-corrected chi connectivity index (χ1v) is 8.50. The van der Waals surface area contributed by atoms with Crippen LogP contribution in [0.3, 0.4) is 0 Å². The van der Waals surface area contributed by atoms with Crippen LogP contribution in [0.5, 0.6) is 0 Å². The number of nitrogens with zero attached hydrogens (tertiary/aromatic N) is 1. The van der Waals surface area contributed by atoms with E-state index in [1.54, 1.807) is 26.0 Å². The highest BCUT2D eigenvalue weighted by atomic mass is 19.1. The zero-order valence-electron chi connectivity index (χ0n) is 14.5. The Morgan fingerprint density at radius 2 is 2.04 bits per heavy atom. The molecule has 1 saturated heterocycles. The van der Waals surface area contributed by atoms with Gasteiger partial charge in [0.2, 0.25) is 0 Å². The van der Waals surface area contributed by atoms with Gasteiger partial charge in [0.05, 0.1) is 17.4 Å². The average molecular weight is 346 g/mol. The summed E-state index contributed by atoms with van der Waals surface area (Å²) in [4.78, 5) is 14.1. The molecule has 0 spiro atoms. The van der Waals surface area contributed by atoms with Crippen LogP contribution in [0.2, 0.25) is 0 Å². The predicted octanol–water partition coefficient (Wildman–Crippen LogP) is 2.93. The number of aryl methyl sites for hydroxylation is 2. The lowest BCUT2D eigenvalue weighted by Crippen LogP contribution is -2.36. The summed E-state index contributed by atoms with van der Waals surface area (Å²) in [6.07, 6.45) is 1.02. The summed E-state index contributed by atoms with van der Waals surface area (Å²) in [5.74, 6) is 0.718. The van der Waals surface area contributed by atoms with Gasteiger partial charge in [0.15, 0.2) is 0 Å². The minimum absolute atomic E-state index is 0.233. The van der Waals surface area contributed by atoms with Gasteiger partial charge in [-0.25, -0.2) is 4.39 Å². The summed E-state index contributed by atoms with van der Waals surface area (Å²) >= 11 is 0. The molecule has 5 nitrogen and oxygen atoms in total. The molecule has 0 atom stereocenters. The number of anilines is 1. The highest BCUT2D eigenvalue weighted by Crippen LogP contribution is 2.24. The van der Waals surface area contributed by atoms with Crippen molar-refractivity contribution in [2.75, 3.05) is 18.0 Å². The predicted molar refractivity (Wildman–Crippen MR) is 93.2 cm³/mol. The molecular formula is C19H23FN2O3. The van der Waals surface area contributed by atoms with Crippen LogP contribution >= 0.6 is 0 Å². The van der Waals surface area contributed by atoms with Crippen LogP contribution in [0.1, 0.15) is 40.3 Å². The number of benzene rings is 1. The number of aliphatic hydroxyl groups is 1. The van der Waals surface area contributed by atoms with E-state index < -0.39 is 0 Å². The SMILES string of the molecule is Cc1cc(C(=O)NCc2ccc(N3CCC(O)CC3)c(F)c2)c(C)o1. The summed E-state index contributed by atoms with van der Waals surface area (Å²) in [7, 11) is 0. The lowest BCUT2D eigenvalue weighted by molar-refractivity contribution is 0.0949. The first-order chi connectivity index (χ1) is 11.9. The molecule has 1 aliphatic rings. The van der Waals surface area contributed by atoms with Gasteiger partial charge in [0, 0.05) is 19.6 Å². The monoisotopic (exact) mass is 346 g/mol. The summed E-state index contributed by atoms with van der Waals surface area (Å²) in [6.45, 7) is 5.07. The maximum Gasteiger partial charge on any atom is 0.255 e. The Balaban J connectivity index is 1.63. The number of nitrogens with one attached hydrogen (secondary N) is 1. The molecule has 1 aliphatic heterocycles. The highest BCUT2D eigenvalue weighted by Gasteiger charge is 2.20. The molecule has 1 aromatic carbocycles. The Kier molecular flexibility index (Phi) is 5.08. The van der Waals surface area contributed by atoms with E-state index in [0.717, 1.165) is 0 Å². The molecule has 2 heterocycles. The van der Waals surface area contributed by atoms with Crippen LogP contribution in [-0.2, 0) is 6.54 Å². The van der Waals surface area contributed by atoms with Crippen molar-refractivity contribution in [3.63, 3.8) is 0 Å². The lowest BCUT2D eigenvalue weighted by atomic mass is 10.1. The van der Waals surface area contributed by atoms with Gasteiger partial charge in [-0.3, -0.25) is 4.79 Å². The number of hydrogen-bond donors (Lipinski definition) is 2. The number of rotatable bonds is 4. The standard InChI is InChI=1S/C19H23FN2O3/c1-12-9-16(13(2)25-12)19(24)21-11-14-3-4-18(17(20)10-14)22-7-5-15(23)6-8-22/h3-4,9-10,15,23H,5-8,11H2,1-2H3,(H,21,24). The molecule has 134 valence electrons. The maximum absolute atomic E-state index is 14.4. The third-order valence-electron chi connectivity index (χ3n) is 4.56. The number of halogens is 1. The first-order valence-electron chi connectivity index (χ1n) is 8.50. The van der Waals surface area contributed by atoms with E-state index in [0.29, 0.717) is 54.3 Å². The van der Waals surface area contributed by atoms with Crippen LogP contribution in [-0.4, -0.2) is 30.2 Å². The third kappa shape index (κ3) is 4.02. The van der Waals surface area contributed by atoms with Crippen molar-refractivity contribution in [1.29, 1.82) is 0 Å². The molecule has 0 radical (unpaired) electrons. The van der Waals surface area contributed by atoms with Gasteiger partial charge in [-0.15, -0.1) is 0 Å². The van der Waals surface area contributed by atoms with Crippen LogP contribution in [0.15, 0.2) is 28.7 Å². The third-order valence-corrected chi connectivity index (χ3v) is 4.56. The number of carbonyl (C=O) groups excluding carboxylic acids is 1. The molecular weight excluding hydrogens is 323 g/mol. The fraction of sp³-hybridized carbons (Fsp3) is 0.421. The van der Waals surface area contributed by atoms with Crippen molar-refractivity contribution in [1.82, 2.24) is 5.32 Å². The van der Waals surface area contributed by atoms with Crippen LogP contribution in [0.25, 0.3) is 0 Å². The minimum atomic E-state index is -0.307. The van der Waals surface area contributed by atoms with Crippen LogP contribution < -0.4 is 10.2 Å². The van der Waals surface area contributed by atoms with Crippen LogP contribution in [0.4, 0.5) is 10.1 Å². The molecule has 3 rings (SSSR count). The zero-order chi connectivity index (χ0) is 18.0. The maximum atomic E-state index is 14.4. The summed E-state index contributed by atoms with van der Waals surface area (Å²) in [5, 5.41) is 12.3. The lowest BCUT2D eigenvalue weighted by Gasteiger charge is -2.31. The summed E-state index contributed by atoms with van der Waals surface area (Å²) in [5.41, 5.74) is 1.74. The molecule has 0 aliphatic carbocycles. The van der Waals surface area contributed by atoms with Crippen molar-refractivity contribution in [3.05, 3.63) is 52.7 Å². The van der Waals surface area contributed by atoms with E-state index >= 15 is 0 Å². The van der Waals surface area contributed by atoms with Gasteiger partial charge in [-0.2, -0.15) is 0 Å². The largest absolute Gasteiger partial charge is 0.466 e. The van der Waals surface area contributed by atoms with E-state index in [9.17, 15) is 14.3 Å². The van der Waals surface area contributed by atoms with E-state index in [2.05, 4.69) is 5.32 Å². The molecule has 1 amide bonds. The fourth-order valence-corrected chi connectivity index (χ4v) is 3.16. The van der Waals surface area contributed by atoms with Crippen molar-refractivity contribution in [3.8, 4) is 0 Å². The van der Waals surface area contributed by atoms with E-state index in [4.69, 9.17) is 4.42 Å². The highest BCUT2D eigenvalue weighted by molar-refractivity contribution is 5.95. The van der Waals surface area contributed by atoms with E-state index in [1.165, 1.54) is 6.07 Å². The second kappa shape index (κ2) is 7.27. The Morgan fingerprint density at radius 3 is 2.64 bits per heavy atom. The Morgan fingerprint density at radius 1 is 1.32 bits per heavy atom. The number of piperidine rings is 1. The normalized spacial score (nSPS) is 15.4. The molecule has 6 heteroatoms. The number of furan rings is 1. The molecule has 1 aromatic heterocycles. The molecule has 2 aromatic rings. The molecule has 2 N–H and O–H groups in total. The number of carbonyl (C=O) groups is 1. The Bertz CT molecular complexity index is 764. The zero-order valence-corrected chi connectivity index (χ0v) is 14.5. The molecule has 0 saturated carbocycles. The topological polar surface area (TPSA) is 65.7 Å². The summed E-state index contributed by atoms with van der Waals surface area (Å²) < 4.78 is 19.8. The number of aliphatic hydroxyl groups excluding tert-OH is 1. The van der Waals surface area contributed by atoms with Gasteiger partial charge in [-0.1, -0.05) is 6.07 Å². The van der Waals surface area contributed by atoms with E-state index in [1.807, 2.05) is 11.0 Å². The van der Waals surface area contributed by atoms with Crippen molar-refractivity contribution in [2.24, 2.45) is 0 Å². The first kappa shape index (κ1) is 17.5. The van der Waals surface area contributed by atoms with Gasteiger partial charge < -0.3 is 19.7 Å². The van der Waals surface area contributed by atoms with Gasteiger partial charge in [-0.05, 0) is 50.5 Å².